The molecule has 0 radical (unpaired) electrons. The van der Waals surface area contributed by atoms with E-state index in [0.29, 0.717) is 33.4 Å². The van der Waals surface area contributed by atoms with Crippen LogP contribution in [0, 0.1) is 5.82 Å². The molecule has 1 N–H and O–H groups in total. The Labute approximate surface area is 170 Å². The maximum absolute atomic E-state index is 13.7. The lowest BCUT2D eigenvalue weighted by Gasteiger charge is -2.12. The van der Waals surface area contributed by atoms with Crippen LogP contribution < -0.4 is 5.56 Å². The Morgan fingerprint density at radius 1 is 1.03 bits per heavy atom. The Hall–Kier alpha value is -3.35. The van der Waals surface area contributed by atoms with Crippen LogP contribution in [0.1, 0.15) is 17.2 Å². The summed E-state index contributed by atoms with van der Waals surface area (Å²) in [5.41, 5.74) is 1.50. The average molecular weight is 408 g/mol. The maximum atomic E-state index is 13.7. The van der Waals surface area contributed by atoms with E-state index >= 15 is 0 Å². The molecule has 0 saturated carbocycles. The number of hydrogen-bond donors (Lipinski definition) is 1. The molecular weight excluding hydrogens is 393 g/mol. The van der Waals surface area contributed by atoms with Crippen LogP contribution >= 0.6 is 11.6 Å². The van der Waals surface area contributed by atoms with Crippen molar-refractivity contribution in [1.82, 2.24) is 14.5 Å². The fraction of sp³-hybridized carbons (Fsp3) is 0.0455. The summed E-state index contributed by atoms with van der Waals surface area (Å²) >= 11 is 6.32. The standard InChI is InChI=1S/C22H15ClFN3O2/c23-18-6-1-2-7-20(18)27-21(11-9-15-4-3-5-16(13-28)25-15)26-19-10-8-14(24)12-17(19)22(27)29/h1-12,28H,13H2/b11-9+. The summed E-state index contributed by atoms with van der Waals surface area (Å²) in [6.45, 7) is -0.175. The second-order valence-electron chi connectivity index (χ2n) is 6.27. The van der Waals surface area contributed by atoms with Gasteiger partial charge >= 0.3 is 0 Å². The van der Waals surface area contributed by atoms with E-state index in [-0.39, 0.29) is 12.0 Å². The number of aromatic nitrogens is 3. The van der Waals surface area contributed by atoms with Crippen LogP contribution in [-0.4, -0.2) is 19.6 Å². The minimum Gasteiger partial charge on any atom is -0.390 e. The fourth-order valence-electron chi connectivity index (χ4n) is 2.99. The van der Waals surface area contributed by atoms with Crippen LogP contribution in [0.5, 0.6) is 0 Å². The molecule has 4 aromatic rings. The van der Waals surface area contributed by atoms with Crippen molar-refractivity contribution in [3.05, 3.63) is 99.1 Å². The Balaban J connectivity index is 1.95. The van der Waals surface area contributed by atoms with E-state index in [9.17, 15) is 14.3 Å². The van der Waals surface area contributed by atoms with Crippen LogP contribution in [0.2, 0.25) is 5.02 Å². The molecule has 144 valence electrons. The van der Waals surface area contributed by atoms with Gasteiger partial charge in [-0.25, -0.2) is 9.37 Å². The first-order valence-electron chi connectivity index (χ1n) is 8.79. The minimum absolute atomic E-state index is 0.155. The van der Waals surface area contributed by atoms with Crippen molar-refractivity contribution in [2.75, 3.05) is 0 Å². The third kappa shape index (κ3) is 3.81. The lowest BCUT2D eigenvalue weighted by molar-refractivity contribution is 0.277. The van der Waals surface area contributed by atoms with E-state index in [1.165, 1.54) is 16.7 Å². The number of fused-ring (bicyclic) bond motifs is 1. The molecule has 4 rings (SSSR count). The molecule has 7 heteroatoms. The van der Waals surface area contributed by atoms with Gasteiger partial charge in [-0.05, 0) is 54.6 Å². The van der Waals surface area contributed by atoms with Crippen LogP contribution in [0.4, 0.5) is 4.39 Å². The molecule has 5 nitrogen and oxygen atoms in total. The van der Waals surface area contributed by atoms with Gasteiger partial charge in [0.2, 0.25) is 0 Å². The smallest absolute Gasteiger partial charge is 0.266 e. The van der Waals surface area contributed by atoms with Crippen LogP contribution in [0.3, 0.4) is 0 Å². The topological polar surface area (TPSA) is 68.0 Å². The van der Waals surface area contributed by atoms with Crippen molar-refractivity contribution in [3.63, 3.8) is 0 Å². The quantitative estimate of drug-likeness (QED) is 0.549. The third-order valence-electron chi connectivity index (χ3n) is 4.34. The molecule has 29 heavy (non-hydrogen) atoms. The molecule has 0 bridgehead atoms. The van der Waals surface area contributed by atoms with Gasteiger partial charge in [-0.2, -0.15) is 0 Å². The van der Waals surface area contributed by atoms with Gasteiger partial charge in [0.25, 0.3) is 5.56 Å². The third-order valence-corrected chi connectivity index (χ3v) is 4.66. The zero-order valence-corrected chi connectivity index (χ0v) is 15.8. The molecule has 0 amide bonds. The molecule has 0 aliphatic carbocycles. The van der Waals surface area contributed by atoms with E-state index in [2.05, 4.69) is 9.97 Å². The van der Waals surface area contributed by atoms with Gasteiger partial charge in [0.05, 0.1) is 39.6 Å². The number of aliphatic hydroxyl groups is 1. The average Bonchev–Trinajstić information content (AvgIpc) is 2.74. The number of pyridine rings is 1. The van der Waals surface area contributed by atoms with Gasteiger partial charge in [-0.1, -0.05) is 29.8 Å². The number of halogens is 2. The van der Waals surface area contributed by atoms with Gasteiger partial charge in [0.1, 0.15) is 11.6 Å². The van der Waals surface area contributed by atoms with Crippen LogP contribution in [0.25, 0.3) is 28.7 Å². The number of aliphatic hydroxyl groups excluding tert-OH is 1. The normalized spacial score (nSPS) is 11.4. The predicted octanol–water partition coefficient (Wildman–Crippen LogP) is 4.24. The maximum Gasteiger partial charge on any atom is 0.266 e. The highest BCUT2D eigenvalue weighted by Crippen LogP contribution is 2.22. The Kier molecular flexibility index (Phi) is 5.20. The van der Waals surface area contributed by atoms with Gasteiger partial charge in [0.15, 0.2) is 0 Å². The van der Waals surface area contributed by atoms with E-state index in [1.54, 1.807) is 54.6 Å². The molecule has 0 unspecified atom stereocenters. The number of benzene rings is 2. The Bertz CT molecular complexity index is 1300. The highest BCUT2D eigenvalue weighted by atomic mass is 35.5. The summed E-state index contributed by atoms with van der Waals surface area (Å²) in [6.07, 6.45) is 3.32. The highest BCUT2D eigenvalue weighted by Gasteiger charge is 2.14. The first kappa shape index (κ1) is 19.0. The van der Waals surface area contributed by atoms with Crippen molar-refractivity contribution < 1.29 is 9.50 Å². The lowest BCUT2D eigenvalue weighted by Crippen LogP contribution is -2.22. The summed E-state index contributed by atoms with van der Waals surface area (Å²) in [5, 5.41) is 9.78. The molecule has 0 atom stereocenters. The first-order chi connectivity index (χ1) is 14.1. The predicted molar refractivity (Wildman–Crippen MR) is 111 cm³/mol. The number of hydrogen-bond acceptors (Lipinski definition) is 4. The highest BCUT2D eigenvalue weighted by molar-refractivity contribution is 6.32. The van der Waals surface area contributed by atoms with Crippen LogP contribution in [-0.2, 0) is 6.61 Å². The molecule has 0 spiro atoms. The number of rotatable bonds is 4. The second-order valence-corrected chi connectivity index (χ2v) is 6.68. The fourth-order valence-corrected chi connectivity index (χ4v) is 3.21. The molecule has 0 saturated heterocycles. The molecule has 2 heterocycles. The summed E-state index contributed by atoms with van der Waals surface area (Å²) < 4.78 is 15.1. The summed E-state index contributed by atoms with van der Waals surface area (Å²) in [4.78, 5) is 22.0. The van der Waals surface area contributed by atoms with Gasteiger partial charge in [0, 0.05) is 0 Å². The summed E-state index contributed by atoms with van der Waals surface area (Å²) in [5.74, 6) is -0.200. The van der Waals surface area contributed by atoms with Crippen molar-refractivity contribution in [3.8, 4) is 5.69 Å². The molecule has 2 aromatic heterocycles. The molecular formula is C22H15ClFN3O2. The van der Waals surface area contributed by atoms with Gasteiger partial charge < -0.3 is 5.11 Å². The minimum atomic E-state index is -0.518. The Morgan fingerprint density at radius 2 is 1.86 bits per heavy atom. The van der Waals surface area contributed by atoms with E-state index in [1.807, 2.05) is 0 Å². The van der Waals surface area contributed by atoms with Crippen molar-refractivity contribution in [2.45, 2.75) is 6.61 Å². The molecule has 0 fully saturated rings. The zero-order chi connectivity index (χ0) is 20.4. The second kappa shape index (κ2) is 7.95. The molecule has 0 aliphatic heterocycles. The van der Waals surface area contributed by atoms with Gasteiger partial charge in [-0.15, -0.1) is 0 Å². The van der Waals surface area contributed by atoms with E-state index < -0.39 is 11.4 Å². The zero-order valence-electron chi connectivity index (χ0n) is 15.1. The number of nitrogens with zero attached hydrogens (tertiary/aromatic N) is 3. The molecule has 0 aliphatic rings. The largest absolute Gasteiger partial charge is 0.390 e. The molecule has 2 aromatic carbocycles. The SMILES string of the molecule is O=c1c2cc(F)ccc2nc(/C=C/c2cccc(CO)n2)n1-c1ccccc1Cl. The monoisotopic (exact) mass is 407 g/mol. The van der Waals surface area contributed by atoms with E-state index in [4.69, 9.17) is 11.6 Å². The van der Waals surface area contributed by atoms with Crippen molar-refractivity contribution in [1.29, 1.82) is 0 Å². The summed E-state index contributed by atoms with van der Waals surface area (Å²) in [6, 6.07) is 16.0. The number of para-hydroxylation sites is 1. The van der Waals surface area contributed by atoms with E-state index in [0.717, 1.165) is 6.07 Å². The lowest BCUT2D eigenvalue weighted by atomic mass is 10.2. The van der Waals surface area contributed by atoms with Crippen molar-refractivity contribution >= 4 is 34.7 Å². The summed E-state index contributed by atoms with van der Waals surface area (Å²) in [7, 11) is 0. The van der Waals surface area contributed by atoms with Gasteiger partial charge in [-0.3, -0.25) is 14.3 Å². The van der Waals surface area contributed by atoms with Crippen LogP contribution in [0.15, 0.2) is 65.5 Å². The van der Waals surface area contributed by atoms with Crippen molar-refractivity contribution in [2.24, 2.45) is 0 Å². The Morgan fingerprint density at radius 3 is 2.66 bits per heavy atom. The first-order valence-corrected chi connectivity index (χ1v) is 9.17.